The summed E-state index contributed by atoms with van der Waals surface area (Å²) in [7, 11) is 1.57. The molecule has 0 aliphatic carbocycles. The second kappa shape index (κ2) is 7.32. The van der Waals surface area contributed by atoms with Crippen molar-refractivity contribution < 1.29 is 18.7 Å². The molecule has 1 unspecified atom stereocenters. The maximum absolute atomic E-state index is 14.0. The summed E-state index contributed by atoms with van der Waals surface area (Å²) in [5.74, 6) is 0.241. The van der Waals surface area contributed by atoms with Crippen molar-refractivity contribution in [1.29, 1.82) is 0 Å². The average molecular weight is 394 g/mol. The highest BCUT2D eigenvalue weighted by atomic mass is 79.9. The largest absolute Gasteiger partial charge is 0.496 e. The van der Waals surface area contributed by atoms with Gasteiger partial charge in [-0.15, -0.1) is 0 Å². The Balaban J connectivity index is 1.78. The van der Waals surface area contributed by atoms with Gasteiger partial charge in [0.1, 0.15) is 17.7 Å². The van der Waals surface area contributed by atoms with Crippen molar-refractivity contribution in [3.05, 3.63) is 63.9 Å². The fourth-order valence-electron chi connectivity index (χ4n) is 2.74. The SMILES string of the molecule is COc1ccc(C(=O)N2CCOC(c3ccccc3F)C2)cc1Br. The van der Waals surface area contributed by atoms with Crippen molar-refractivity contribution in [3.63, 3.8) is 0 Å². The molecule has 24 heavy (non-hydrogen) atoms. The van der Waals surface area contributed by atoms with Crippen molar-refractivity contribution in [3.8, 4) is 5.75 Å². The van der Waals surface area contributed by atoms with Gasteiger partial charge in [-0.1, -0.05) is 18.2 Å². The monoisotopic (exact) mass is 393 g/mol. The van der Waals surface area contributed by atoms with Crippen molar-refractivity contribution >= 4 is 21.8 Å². The molecular formula is C18H17BrFNO3. The Kier molecular flexibility index (Phi) is 5.16. The molecule has 126 valence electrons. The van der Waals surface area contributed by atoms with Gasteiger partial charge in [0.2, 0.25) is 0 Å². The van der Waals surface area contributed by atoms with E-state index >= 15 is 0 Å². The number of carbonyl (C=O) groups excluding carboxylic acids is 1. The lowest BCUT2D eigenvalue weighted by Crippen LogP contribution is -2.42. The Hall–Kier alpha value is -1.92. The van der Waals surface area contributed by atoms with Crippen molar-refractivity contribution in [2.75, 3.05) is 26.8 Å². The standard InChI is InChI=1S/C18H17BrFNO3/c1-23-16-7-6-12(10-14(16)19)18(22)21-8-9-24-17(11-21)13-4-2-3-5-15(13)20/h2-7,10,17H,8-9,11H2,1H3. The molecule has 3 rings (SSSR count). The molecular weight excluding hydrogens is 377 g/mol. The summed E-state index contributed by atoms with van der Waals surface area (Å²) in [5.41, 5.74) is 1.03. The van der Waals surface area contributed by atoms with Gasteiger partial charge < -0.3 is 14.4 Å². The Morgan fingerprint density at radius 1 is 1.33 bits per heavy atom. The van der Waals surface area contributed by atoms with E-state index in [1.807, 2.05) is 0 Å². The molecule has 1 fully saturated rings. The lowest BCUT2D eigenvalue weighted by atomic mass is 10.1. The highest BCUT2D eigenvalue weighted by molar-refractivity contribution is 9.10. The highest BCUT2D eigenvalue weighted by Gasteiger charge is 2.27. The van der Waals surface area contributed by atoms with Gasteiger partial charge in [0.05, 0.1) is 24.7 Å². The second-order valence-corrected chi connectivity index (χ2v) is 6.34. The molecule has 0 aromatic heterocycles. The first kappa shape index (κ1) is 16.9. The number of ether oxygens (including phenoxy) is 2. The lowest BCUT2D eigenvalue weighted by Gasteiger charge is -2.33. The number of benzene rings is 2. The number of amides is 1. The van der Waals surface area contributed by atoms with Crippen LogP contribution in [0.3, 0.4) is 0 Å². The number of hydrogen-bond donors (Lipinski definition) is 0. The average Bonchev–Trinajstić information content (AvgIpc) is 2.61. The molecule has 0 bridgehead atoms. The summed E-state index contributed by atoms with van der Waals surface area (Å²) in [4.78, 5) is 14.4. The zero-order valence-electron chi connectivity index (χ0n) is 13.2. The van der Waals surface area contributed by atoms with Crippen molar-refractivity contribution in [2.24, 2.45) is 0 Å². The first-order valence-electron chi connectivity index (χ1n) is 7.59. The predicted molar refractivity (Wildman–Crippen MR) is 91.7 cm³/mol. The van der Waals surface area contributed by atoms with Crippen molar-refractivity contribution in [1.82, 2.24) is 4.90 Å². The van der Waals surface area contributed by atoms with Crippen LogP contribution in [0.5, 0.6) is 5.75 Å². The van der Waals surface area contributed by atoms with Gasteiger partial charge >= 0.3 is 0 Å². The Morgan fingerprint density at radius 2 is 2.12 bits per heavy atom. The highest BCUT2D eigenvalue weighted by Crippen LogP contribution is 2.28. The van der Waals surface area contributed by atoms with E-state index < -0.39 is 6.10 Å². The molecule has 1 heterocycles. The van der Waals surface area contributed by atoms with Crippen LogP contribution in [0.15, 0.2) is 46.9 Å². The van der Waals surface area contributed by atoms with Crippen LogP contribution in [0.1, 0.15) is 22.0 Å². The molecule has 0 N–H and O–H groups in total. The van der Waals surface area contributed by atoms with Crippen LogP contribution >= 0.6 is 15.9 Å². The second-order valence-electron chi connectivity index (χ2n) is 5.48. The van der Waals surface area contributed by atoms with Crippen LogP contribution in [0.4, 0.5) is 4.39 Å². The van der Waals surface area contributed by atoms with Crippen LogP contribution < -0.4 is 4.74 Å². The van der Waals surface area contributed by atoms with Gasteiger partial charge in [0, 0.05) is 17.7 Å². The molecule has 2 aromatic rings. The minimum atomic E-state index is -0.453. The molecule has 1 aliphatic rings. The Bertz CT molecular complexity index is 753. The third kappa shape index (κ3) is 3.44. The van der Waals surface area contributed by atoms with Gasteiger partial charge in [0.15, 0.2) is 0 Å². The summed E-state index contributed by atoms with van der Waals surface area (Å²) >= 11 is 3.39. The minimum absolute atomic E-state index is 0.108. The van der Waals surface area contributed by atoms with Gasteiger partial charge in [-0.2, -0.15) is 0 Å². The summed E-state index contributed by atoms with van der Waals surface area (Å²) in [6.45, 7) is 1.18. The summed E-state index contributed by atoms with van der Waals surface area (Å²) in [6.07, 6.45) is -0.453. The number of carbonyl (C=O) groups is 1. The van der Waals surface area contributed by atoms with E-state index in [4.69, 9.17) is 9.47 Å². The molecule has 0 saturated carbocycles. The fourth-order valence-corrected chi connectivity index (χ4v) is 3.28. The predicted octanol–water partition coefficient (Wildman–Crippen LogP) is 3.81. The third-order valence-electron chi connectivity index (χ3n) is 4.00. The van der Waals surface area contributed by atoms with Gasteiger partial charge in [-0.3, -0.25) is 4.79 Å². The zero-order chi connectivity index (χ0) is 17.1. The summed E-state index contributed by atoms with van der Waals surface area (Å²) < 4.78 is 25.5. The quantitative estimate of drug-likeness (QED) is 0.795. The molecule has 6 heteroatoms. The summed E-state index contributed by atoms with van der Waals surface area (Å²) in [6, 6.07) is 11.7. The molecule has 2 aromatic carbocycles. The molecule has 0 radical (unpaired) electrons. The van der Waals surface area contributed by atoms with Crippen LogP contribution in [0.2, 0.25) is 0 Å². The van der Waals surface area contributed by atoms with Crippen LogP contribution in [-0.4, -0.2) is 37.6 Å². The molecule has 0 spiro atoms. The zero-order valence-corrected chi connectivity index (χ0v) is 14.8. The molecule has 1 aliphatic heterocycles. The van der Waals surface area contributed by atoms with E-state index in [0.717, 1.165) is 4.47 Å². The molecule has 1 atom stereocenters. The maximum Gasteiger partial charge on any atom is 0.254 e. The number of nitrogens with zero attached hydrogens (tertiary/aromatic N) is 1. The number of methoxy groups -OCH3 is 1. The smallest absolute Gasteiger partial charge is 0.254 e. The maximum atomic E-state index is 14.0. The number of halogens is 2. The van der Waals surface area contributed by atoms with E-state index in [-0.39, 0.29) is 11.7 Å². The Labute approximate surface area is 148 Å². The van der Waals surface area contributed by atoms with E-state index in [2.05, 4.69) is 15.9 Å². The van der Waals surface area contributed by atoms with E-state index in [9.17, 15) is 9.18 Å². The fraction of sp³-hybridized carbons (Fsp3) is 0.278. The number of rotatable bonds is 3. The van der Waals surface area contributed by atoms with Crippen LogP contribution in [0.25, 0.3) is 0 Å². The first-order chi connectivity index (χ1) is 11.6. The van der Waals surface area contributed by atoms with Gasteiger partial charge in [0.25, 0.3) is 5.91 Å². The third-order valence-corrected chi connectivity index (χ3v) is 4.62. The van der Waals surface area contributed by atoms with Crippen LogP contribution in [0, 0.1) is 5.82 Å². The number of hydrogen-bond acceptors (Lipinski definition) is 3. The van der Waals surface area contributed by atoms with Crippen molar-refractivity contribution in [2.45, 2.75) is 6.10 Å². The topological polar surface area (TPSA) is 38.8 Å². The van der Waals surface area contributed by atoms with E-state index in [1.54, 1.807) is 48.4 Å². The lowest BCUT2D eigenvalue weighted by molar-refractivity contribution is -0.0243. The van der Waals surface area contributed by atoms with E-state index in [0.29, 0.717) is 36.6 Å². The Morgan fingerprint density at radius 3 is 2.83 bits per heavy atom. The molecule has 1 amide bonds. The van der Waals surface area contributed by atoms with Crippen LogP contribution in [-0.2, 0) is 4.74 Å². The summed E-state index contributed by atoms with van der Waals surface area (Å²) in [5, 5.41) is 0. The van der Waals surface area contributed by atoms with Gasteiger partial charge in [-0.25, -0.2) is 4.39 Å². The minimum Gasteiger partial charge on any atom is -0.496 e. The van der Waals surface area contributed by atoms with Gasteiger partial charge in [-0.05, 0) is 40.2 Å². The van der Waals surface area contributed by atoms with E-state index in [1.165, 1.54) is 6.07 Å². The normalized spacial score (nSPS) is 17.6. The number of morpholine rings is 1. The molecule has 4 nitrogen and oxygen atoms in total. The first-order valence-corrected chi connectivity index (χ1v) is 8.38. The molecule has 1 saturated heterocycles.